The van der Waals surface area contributed by atoms with Crippen LogP contribution < -0.4 is 10.6 Å². The zero-order valence-corrected chi connectivity index (χ0v) is 9.10. The first-order valence-corrected chi connectivity index (χ1v) is 5.16. The lowest BCUT2D eigenvalue weighted by molar-refractivity contribution is 0.292. The predicted molar refractivity (Wildman–Crippen MR) is 58.9 cm³/mol. The quantitative estimate of drug-likeness (QED) is 0.509. The van der Waals surface area contributed by atoms with Gasteiger partial charge in [0.15, 0.2) is 0 Å². The highest BCUT2D eigenvalue weighted by Crippen LogP contribution is 1.92. The van der Waals surface area contributed by atoms with E-state index >= 15 is 0 Å². The predicted octanol–water partition coefficient (Wildman–Crippen LogP) is 0.341. The standard InChI is InChI=1S/C10H24N3/c1-4-13(9-5-7-11-2)10-6-8-12-3/h11-12H,1,4-10H2,2-3H3. The summed E-state index contributed by atoms with van der Waals surface area (Å²) in [5.41, 5.74) is 0. The van der Waals surface area contributed by atoms with E-state index < -0.39 is 0 Å². The number of hydrogen-bond acceptors (Lipinski definition) is 3. The van der Waals surface area contributed by atoms with Gasteiger partial charge in [0.2, 0.25) is 0 Å². The van der Waals surface area contributed by atoms with Crippen molar-refractivity contribution in [2.45, 2.75) is 12.8 Å². The second-order valence-corrected chi connectivity index (χ2v) is 3.26. The van der Waals surface area contributed by atoms with Gasteiger partial charge in [-0.25, -0.2) is 0 Å². The van der Waals surface area contributed by atoms with E-state index in [1.165, 1.54) is 12.8 Å². The normalized spacial score (nSPS) is 11.1. The van der Waals surface area contributed by atoms with Crippen LogP contribution >= 0.6 is 0 Å². The molecule has 0 aromatic carbocycles. The third-order valence-corrected chi connectivity index (χ3v) is 2.12. The van der Waals surface area contributed by atoms with Crippen LogP contribution in [0, 0.1) is 6.92 Å². The molecule has 0 unspecified atom stereocenters. The summed E-state index contributed by atoms with van der Waals surface area (Å²) in [5.74, 6) is 0. The minimum Gasteiger partial charge on any atom is -0.320 e. The first-order valence-electron chi connectivity index (χ1n) is 5.16. The highest BCUT2D eigenvalue weighted by molar-refractivity contribution is 4.60. The lowest BCUT2D eigenvalue weighted by atomic mass is 10.3. The Labute approximate surface area is 82.9 Å². The number of rotatable bonds is 9. The summed E-state index contributed by atoms with van der Waals surface area (Å²) in [6.45, 7) is 9.37. The molecule has 0 atom stereocenters. The van der Waals surface area contributed by atoms with Crippen molar-refractivity contribution in [1.82, 2.24) is 15.5 Å². The Kier molecular flexibility index (Phi) is 9.87. The van der Waals surface area contributed by atoms with Crippen LogP contribution in [-0.2, 0) is 0 Å². The molecule has 0 heterocycles. The van der Waals surface area contributed by atoms with Crippen LogP contribution in [0.15, 0.2) is 0 Å². The molecule has 3 heteroatoms. The van der Waals surface area contributed by atoms with Gasteiger partial charge in [-0.15, -0.1) is 0 Å². The van der Waals surface area contributed by atoms with Crippen LogP contribution in [0.1, 0.15) is 12.8 Å². The maximum Gasteiger partial charge on any atom is -0.000663 e. The van der Waals surface area contributed by atoms with E-state index in [1.807, 2.05) is 14.1 Å². The van der Waals surface area contributed by atoms with Crippen LogP contribution in [0.3, 0.4) is 0 Å². The molecular formula is C10H24N3. The van der Waals surface area contributed by atoms with Crippen molar-refractivity contribution in [1.29, 1.82) is 0 Å². The molecule has 1 radical (unpaired) electrons. The van der Waals surface area contributed by atoms with Crippen LogP contribution in [0.25, 0.3) is 0 Å². The van der Waals surface area contributed by atoms with Crippen LogP contribution in [-0.4, -0.2) is 51.7 Å². The first-order chi connectivity index (χ1) is 6.35. The first kappa shape index (κ1) is 12.9. The van der Waals surface area contributed by atoms with Crippen molar-refractivity contribution in [2.24, 2.45) is 0 Å². The SMILES string of the molecule is [CH2]CN(CCCNC)CCCNC. The number of hydrogen-bond donors (Lipinski definition) is 2. The third-order valence-electron chi connectivity index (χ3n) is 2.12. The van der Waals surface area contributed by atoms with E-state index in [9.17, 15) is 0 Å². The molecule has 0 saturated heterocycles. The fourth-order valence-electron chi connectivity index (χ4n) is 1.29. The van der Waals surface area contributed by atoms with Gasteiger partial charge in [-0.2, -0.15) is 0 Å². The summed E-state index contributed by atoms with van der Waals surface area (Å²) in [7, 11) is 3.99. The Bertz CT molecular complexity index is 86.2. The van der Waals surface area contributed by atoms with Crippen LogP contribution in [0.2, 0.25) is 0 Å². The van der Waals surface area contributed by atoms with E-state index in [2.05, 4.69) is 22.5 Å². The second-order valence-electron chi connectivity index (χ2n) is 3.26. The summed E-state index contributed by atoms with van der Waals surface area (Å²) in [5, 5.41) is 6.31. The summed E-state index contributed by atoms with van der Waals surface area (Å²) in [6, 6.07) is 0. The van der Waals surface area contributed by atoms with E-state index in [0.29, 0.717) is 0 Å². The van der Waals surface area contributed by atoms with Crippen molar-refractivity contribution in [3.8, 4) is 0 Å². The van der Waals surface area contributed by atoms with E-state index in [-0.39, 0.29) is 0 Å². The van der Waals surface area contributed by atoms with Crippen molar-refractivity contribution in [3.63, 3.8) is 0 Å². The molecule has 0 aliphatic heterocycles. The maximum absolute atomic E-state index is 3.93. The van der Waals surface area contributed by atoms with Gasteiger partial charge in [-0.05, 0) is 66.6 Å². The van der Waals surface area contributed by atoms with Crippen molar-refractivity contribution in [3.05, 3.63) is 6.92 Å². The molecule has 3 nitrogen and oxygen atoms in total. The molecule has 0 saturated carbocycles. The Morgan fingerprint density at radius 1 is 1.00 bits per heavy atom. The highest BCUT2D eigenvalue weighted by Gasteiger charge is 2.00. The fourth-order valence-corrected chi connectivity index (χ4v) is 1.29. The molecule has 0 bridgehead atoms. The molecule has 0 aromatic heterocycles. The van der Waals surface area contributed by atoms with Crippen LogP contribution in [0.5, 0.6) is 0 Å². The lowest BCUT2D eigenvalue weighted by Crippen LogP contribution is -2.29. The van der Waals surface area contributed by atoms with Crippen molar-refractivity contribution in [2.75, 3.05) is 46.8 Å². The van der Waals surface area contributed by atoms with Gasteiger partial charge in [-0.3, -0.25) is 0 Å². The Morgan fingerprint density at radius 2 is 1.46 bits per heavy atom. The largest absolute Gasteiger partial charge is 0.320 e. The monoisotopic (exact) mass is 186 g/mol. The van der Waals surface area contributed by atoms with E-state index in [1.54, 1.807) is 0 Å². The molecule has 79 valence electrons. The Hall–Kier alpha value is -0.120. The molecule has 0 fully saturated rings. The molecule has 13 heavy (non-hydrogen) atoms. The van der Waals surface area contributed by atoms with Gasteiger partial charge in [0, 0.05) is 0 Å². The number of nitrogens with zero attached hydrogens (tertiary/aromatic N) is 1. The average Bonchev–Trinajstić information content (AvgIpc) is 2.16. The fraction of sp³-hybridized carbons (Fsp3) is 0.900. The van der Waals surface area contributed by atoms with E-state index in [4.69, 9.17) is 0 Å². The van der Waals surface area contributed by atoms with Crippen molar-refractivity contribution < 1.29 is 0 Å². The molecule has 0 aliphatic carbocycles. The molecule has 2 N–H and O–H groups in total. The molecule has 0 amide bonds. The minimum absolute atomic E-state index is 0.924. The molecule has 0 spiro atoms. The van der Waals surface area contributed by atoms with Gasteiger partial charge in [0.1, 0.15) is 0 Å². The topological polar surface area (TPSA) is 27.3 Å². The third kappa shape index (κ3) is 8.22. The zero-order chi connectivity index (χ0) is 9.94. The Morgan fingerprint density at radius 3 is 1.77 bits per heavy atom. The maximum atomic E-state index is 3.93. The lowest BCUT2D eigenvalue weighted by Gasteiger charge is -2.19. The summed E-state index contributed by atoms with van der Waals surface area (Å²) in [4.78, 5) is 2.40. The minimum atomic E-state index is 0.924. The summed E-state index contributed by atoms with van der Waals surface area (Å²) in [6.07, 6.45) is 2.43. The highest BCUT2D eigenvalue weighted by atomic mass is 15.1. The van der Waals surface area contributed by atoms with Gasteiger partial charge >= 0.3 is 0 Å². The van der Waals surface area contributed by atoms with E-state index in [0.717, 1.165) is 32.7 Å². The van der Waals surface area contributed by atoms with Gasteiger partial charge in [0.05, 0.1) is 0 Å². The molecule has 0 aromatic rings. The molecular weight excluding hydrogens is 162 g/mol. The average molecular weight is 186 g/mol. The summed E-state index contributed by atoms with van der Waals surface area (Å²) >= 11 is 0. The number of nitrogens with one attached hydrogen (secondary N) is 2. The van der Waals surface area contributed by atoms with Crippen molar-refractivity contribution >= 4 is 0 Å². The van der Waals surface area contributed by atoms with Gasteiger partial charge < -0.3 is 15.5 Å². The van der Waals surface area contributed by atoms with Gasteiger partial charge in [-0.1, -0.05) is 0 Å². The summed E-state index contributed by atoms with van der Waals surface area (Å²) < 4.78 is 0. The molecule has 0 rings (SSSR count). The smallest absolute Gasteiger partial charge is 0.000663 e. The second kappa shape index (κ2) is 9.96. The zero-order valence-electron chi connectivity index (χ0n) is 9.10. The molecule has 0 aliphatic rings. The van der Waals surface area contributed by atoms with Crippen LogP contribution in [0.4, 0.5) is 0 Å². The van der Waals surface area contributed by atoms with Gasteiger partial charge in [0.25, 0.3) is 0 Å². The Balaban J connectivity index is 3.28.